The van der Waals surface area contributed by atoms with Crippen LogP contribution in [-0.2, 0) is 11.3 Å². The second-order valence-electron chi connectivity index (χ2n) is 8.13. The lowest BCUT2D eigenvalue weighted by Gasteiger charge is -2.26. The molecule has 1 aliphatic carbocycles. The van der Waals surface area contributed by atoms with Gasteiger partial charge in [0.05, 0.1) is 18.9 Å². The minimum atomic E-state index is -0.426. The zero-order chi connectivity index (χ0) is 22.5. The van der Waals surface area contributed by atoms with E-state index in [1.807, 2.05) is 31.2 Å². The van der Waals surface area contributed by atoms with Crippen LogP contribution in [0.25, 0.3) is 0 Å². The van der Waals surface area contributed by atoms with E-state index in [-0.39, 0.29) is 11.9 Å². The molecule has 32 heavy (non-hydrogen) atoms. The first-order valence-electron chi connectivity index (χ1n) is 11.1. The summed E-state index contributed by atoms with van der Waals surface area (Å²) in [5, 5.41) is 15.3. The number of amides is 3. The third-order valence-corrected chi connectivity index (χ3v) is 6.99. The molecule has 2 aliphatic rings. The molecule has 2 fully saturated rings. The van der Waals surface area contributed by atoms with Crippen molar-refractivity contribution in [1.29, 1.82) is 0 Å². The molecular weight excluding hydrogens is 428 g/mol. The number of carbonyl (C=O) groups is 2. The minimum Gasteiger partial charge on any atom is -0.497 e. The second kappa shape index (κ2) is 10.2. The van der Waals surface area contributed by atoms with Crippen molar-refractivity contribution < 1.29 is 14.3 Å². The van der Waals surface area contributed by atoms with Crippen molar-refractivity contribution in [2.45, 2.75) is 62.0 Å². The van der Waals surface area contributed by atoms with Crippen LogP contribution in [0.15, 0.2) is 29.4 Å². The first-order chi connectivity index (χ1) is 15.6. The van der Waals surface area contributed by atoms with Gasteiger partial charge in [-0.15, -0.1) is 10.2 Å². The highest BCUT2D eigenvalue weighted by molar-refractivity contribution is 8.00. The van der Waals surface area contributed by atoms with Gasteiger partial charge in [-0.3, -0.25) is 9.69 Å². The third-order valence-electron chi connectivity index (χ3n) is 5.95. The standard InChI is InChI=1S/C22H30N6O3S/c1-15(20(29)27-12-11-23-21(27)30)32-22-26-25-19(28(22)17-8-4-3-5-9-17)14-24-16-7-6-10-18(13-16)31-2/h6-7,10,13,15,17,24H,3-5,8-9,11-12,14H2,1-2H3,(H,23,30). The van der Waals surface area contributed by atoms with Gasteiger partial charge in [0.25, 0.3) is 0 Å². The van der Waals surface area contributed by atoms with E-state index in [4.69, 9.17) is 4.74 Å². The van der Waals surface area contributed by atoms with Crippen molar-refractivity contribution in [3.8, 4) is 5.75 Å². The van der Waals surface area contributed by atoms with Crippen LogP contribution in [-0.4, -0.2) is 57.1 Å². The van der Waals surface area contributed by atoms with Gasteiger partial charge in [0.2, 0.25) is 5.91 Å². The van der Waals surface area contributed by atoms with Gasteiger partial charge in [-0.05, 0) is 31.9 Å². The number of rotatable bonds is 8. The highest BCUT2D eigenvalue weighted by atomic mass is 32.2. The fourth-order valence-corrected chi connectivity index (χ4v) is 5.24. The minimum absolute atomic E-state index is 0.195. The summed E-state index contributed by atoms with van der Waals surface area (Å²) in [6, 6.07) is 7.78. The van der Waals surface area contributed by atoms with E-state index in [1.165, 1.54) is 35.9 Å². The first-order valence-corrected chi connectivity index (χ1v) is 12.0. The summed E-state index contributed by atoms with van der Waals surface area (Å²) in [5.74, 6) is 1.44. The van der Waals surface area contributed by atoms with Crippen LogP contribution < -0.4 is 15.4 Å². The van der Waals surface area contributed by atoms with Crippen LogP contribution >= 0.6 is 11.8 Å². The van der Waals surface area contributed by atoms with E-state index in [9.17, 15) is 9.59 Å². The van der Waals surface area contributed by atoms with Gasteiger partial charge in [-0.1, -0.05) is 37.1 Å². The molecule has 2 N–H and O–H groups in total. The lowest BCUT2D eigenvalue weighted by Crippen LogP contribution is -2.39. The van der Waals surface area contributed by atoms with Gasteiger partial charge >= 0.3 is 6.03 Å². The Hall–Kier alpha value is -2.75. The molecule has 1 atom stereocenters. The van der Waals surface area contributed by atoms with E-state index >= 15 is 0 Å². The Morgan fingerprint density at radius 3 is 2.84 bits per heavy atom. The molecule has 172 valence electrons. The van der Waals surface area contributed by atoms with Gasteiger partial charge in [0.1, 0.15) is 5.75 Å². The van der Waals surface area contributed by atoms with Crippen LogP contribution in [0, 0.1) is 0 Å². The Labute approximate surface area is 192 Å². The monoisotopic (exact) mass is 458 g/mol. The number of ether oxygens (including phenoxy) is 1. The maximum absolute atomic E-state index is 12.8. The maximum Gasteiger partial charge on any atom is 0.324 e. The van der Waals surface area contributed by atoms with Crippen LogP contribution in [0.5, 0.6) is 5.75 Å². The molecular formula is C22H30N6O3S. The summed E-state index contributed by atoms with van der Waals surface area (Å²) >= 11 is 1.38. The molecule has 0 radical (unpaired) electrons. The molecule has 2 aromatic rings. The summed E-state index contributed by atoms with van der Waals surface area (Å²) < 4.78 is 7.50. The average molecular weight is 459 g/mol. The number of nitrogens with one attached hydrogen (secondary N) is 2. The Kier molecular flexibility index (Phi) is 7.19. The van der Waals surface area contributed by atoms with Gasteiger partial charge in [-0.2, -0.15) is 0 Å². The molecule has 0 spiro atoms. The van der Waals surface area contributed by atoms with E-state index in [0.29, 0.717) is 25.7 Å². The number of thioether (sulfide) groups is 1. The van der Waals surface area contributed by atoms with Gasteiger partial charge in [-0.25, -0.2) is 4.79 Å². The molecule has 1 saturated carbocycles. The maximum atomic E-state index is 12.8. The first kappa shape index (κ1) is 22.4. The summed E-state index contributed by atoms with van der Waals surface area (Å²) in [5.41, 5.74) is 0.945. The van der Waals surface area contributed by atoms with Crippen LogP contribution in [0.1, 0.15) is 50.9 Å². The molecule has 3 amide bonds. The summed E-state index contributed by atoms with van der Waals surface area (Å²) in [6.07, 6.45) is 5.76. The highest BCUT2D eigenvalue weighted by Gasteiger charge is 2.32. The number of carbonyl (C=O) groups excluding carboxylic acids is 2. The fraction of sp³-hybridized carbons (Fsp3) is 0.545. The second-order valence-corrected chi connectivity index (χ2v) is 9.44. The number of hydrogen-bond donors (Lipinski definition) is 2. The summed E-state index contributed by atoms with van der Waals surface area (Å²) in [6.45, 7) is 3.26. The largest absolute Gasteiger partial charge is 0.497 e. The normalized spacial score (nSPS) is 17.8. The summed E-state index contributed by atoms with van der Waals surface area (Å²) in [7, 11) is 1.65. The van der Waals surface area contributed by atoms with E-state index in [2.05, 4.69) is 25.4 Å². The van der Waals surface area contributed by atoms with Crippen molar-refractivity contribution in [2.75, 3.05) is 25.5 Å². The molecule has 10 heteroatoms. The molecule has 2 heterocycles. The smallest absolute Gasteiger partial charge is 0.324 e. The van der Waals surface area contributed by atoms with E-state index < -0.39 is 5.25 Å². The molecule has 1 aliphatic heterocycles. The number of methoxy groups -OCH3 is 1. The topological polar surface area (TPSA) is 101 Å². The quantitative estimate of drug-likeness (QED) is 0.584. The predicted molar refractivity (Wildman–Crippen MR) is 123 cm³/mol. The molecule has 1 aromatic heterocycles. The Balaban J connectivity index is 1.52. The highest BCUT2D eigenvalue weighted by Crippen LogP contribution is 2.34. The molecule has 4 rings (SSSR count). The van der Waals surface area contributed by atoms with Crippen molar-refractivity contribution >= 4 is 29.4 Å². The number of anilines is 1. The molecule has 0 bridgehead atoms. The number of hydrogen-bond acceptors (Lipinski definition) is 7. The molecule has 1 saturated heterocycles. The van der Waals surface area contributed by atoms with Crippen LogP contribution in [0.4, 0.5) is 10.5 Å². The number of nitrogens with zero attached hydrogens (tertiary/aromatic N) is 4. The average Bonchev–Trinajstić information content (AvgIpc) is 3.43. The lowest BCUT2D eigenvalue weighted by atomic mass is 9.95. The molecule has 9 nitrogen and oxygen atoms in total. The van der Waals surface area contributed by atoms with Crippen molar-refractivity contribution in [3.05, 3.63) is 30.1 Å². The lowest BCUT2D eigenvalue weighted by molar-refractivity contribution is -0.126. The number of benzene rings is 1. The van der Waals surface area contributed by atoms with Gasteiger partial charge < -0.3 is 19.9 Å². The van der Waals surface area contributed by atoms with Crippen LogP contribution in [0.2, 0.25) is 0 Å². The van der Waals surface area contributed by atoms with Crippen molar-refractivity contribution in [3.63, 3.8) is 0 Å². The van der Waals surface area contributed by atoms with Crippen molar-refractivity contribution in [1.82, 2.24) is 25.0 Å². The van der Waals surface area contributed by atoms with Gasteiger partial charge in [0.15, 0.2) is 11.0 Å². The molecule has 1 aromatic carbocycles. The zero-order valence-corrected chi connectivity index (χ0v) is 19.4. The molecule has 1 unspecified atom stereocenters. The zero-order valence-electron chi connectivity index (χ0n) is 18.5. The SMILES string of the molecule is COc1cccc(NCc2nnc(SC(C)C(=O)N3CCNC3=O)n2C2CCCCC2)c1. The Morgan fingerprint density at radius 1 is 1.31 bits per heavy atom. The Bertz CT molecular complexity index is 959. The van der Waals surface area contributed by atoms with Gasteiger partial charge in [0, 0.05) is 30.9 Å². The number of imide groups is 1. The fourth-order valence-electron chi connectivity index (χ4n) is 4.24. The third kappa shape index (κ3) is 5.01. The van der Waals surface area contributed by atoms with E-state index in [1.54, 1.807) is 7.11 Å². The predicted octanol–water partition coefficient (Wildman–Crippen LogP) is 3.44. The van der Waals surface area contributed by atoms with Crippen molar-refractivity contribution in [2.24, 2.45) is 0 Å². The summed E-state index contributed by atoms with van der Waals surface area (Å²) in [4.78, 5) is 26.0. The number of aromatic nitrogens is 3. The Morgan fingerprint density at radius 2 is 2.12 bits per heavy atom. The van der Waals surface area contributed by atoms with E-state index in [0.717, 1.165) is 35.3 Å². The number of urea groups is 1. The van der Waals surface area contributed by atoms with Crippen LogP contribution in [0.3, 0.4) is 0 Å².